The molecule has 0 aliphatic carbocycles. The normalized spacial score (nSPS) is 13.0. The van der Waals surface area contributed by atoms with Crippen molar-refractivity contribution in [1.82, 2.24) is 15.5 Å². The molecule has 2 unspecified atom stereocenters. The Morgan fingerprint density at radius 1 is 1.03 bits per heavy atom. The number of likely N-dealkylation sites (N-methyl/N-ethyl adjacent to an activating group) is 1. The number of phenols is 1. The molecule has 190 valence electrons. The summed E-state index contributed by atoms with van der Waals surface area (Å²) in [5.41, 5.74) is 1.60. The van der Waals surface area contributed by atoms with Gasteiger partial charge in [-0.05, 0) is 64.8 Å². The highest BCUT2D eigenvalue weighted by Crippen LogP contribution is 2.23. The molecule has 0 spiro atoms. The molecule has 0 heterocycles. The number of carbonyl (C=O) groups is 3. The SMILES string of the molecule is Cc1cccc(C(C(=O)NC(C)C)N(C)C(=O)C(Cc2ccc(O)cc2)NC(=O)OC(C)(C)C)c1. The van der Waals surface area contributed by atoms with Crippen LogP contribution in [0.5, 0.6) is 5.75 Å². The van der Waals surface area contributed by atoms with E-state index in [0.29, 0.717) is 5.56 Å². The van der Waals surface area contributed by atoms with Crippen LogP contribution in [0.25, 0.3) is 0 Å². The summed E-state index contributed by atoms with van der Waals surface area (Å²) in [6.07, 6.45) is -0.587. The molecular weight excluding hydrogens is 446 g/mol. The van der Waals surface area contributed by atoms with Gasteiger partial charge in [-0.3, -0.25) is 9.59 Å². The highest BCUT2D eigenvalue weighted by molar-refractivity contribution is 5.92. The summed E-state index contributed by atoms with van der Waals surface area (Å²) in [6.45, 7) is 10.8. The summed E-state index contributed by atoms with van der Waals surface area (Å²) in [4.78, 5) is 40.9. The van der Waals surface area contributed by atoms with E-state index in [1.807, 2.05) is 39.0 Å². The van der Waals surface area contributed by atoms with E-state index in [1.165, 1.54) is 17.0 Å². The second kappa shape index (κ2) is 11.7. The van der Waals surface area contributed by atoms with Gasteiger partial charge in [0.2, 0.25) is 11.8 Å². The maximum Gasteiger partial charge on any atom is 0.408 e. The fourth-order valence-electron chi connectivity index (χ4n) is 3.65. The molecule has 0 saturated carbocycles. The van der Waals surface area contributed by atoms with E-state index in [4.69, 9.17) is 4.74 Å². The molecule has 2 aromatic carbocycles. The van der Waals surface area contributed by atoms with Crippen molar-refractivity contribution in [1.29, 1.82) is 0 Å². The highest BCUT2D eigenvalue weighted by atomic mass is 16.6. The third-order valence-corrected chi connectivity index (χ3v) is 5.14. The smallest absolute Gasteiger partial charge is 0.408 e. The van der Waals surface area contributed by atoms with E-state index in [0.717, 1.165) is 11.1 Å². The Kier molecular flexibility index (Phi) is 9.28. The fourth-order valence-corrected chi connectivity index (χ4v) is 3.65. The molecule has 8 nitrogen and oxygen atoms in total. The predicted octanol–water partition coefficient (Wildman–Crippen LogP) is 3.86. The van der Waals surface area contributed by atoms with Crippen molar-refractivity contribution in [3.63, 3.8) is 0 Å². The van der Waals surface area contributed by atoms with Crippen molar-refractivity contribution in [3.8, 4) is 5.75 Å². The van der Waals surface area contributed by atoms with Crippen LogP contribution in [0.15, 0.2) is 48.5 Å². The number of aromatic hydroxyl groups is 1. The lowest BCUT2D eigenvalue weighted by Gasteiger charge is -2.32. The second-order valence-electron chi connectivity index (χ2n) is 10.00. The fraction of sp³-hybridized carbons (Fsp3) is 0.444. The Balaban J connectivity index is 2.40. The van der Waals surface area contributed by atoms with E-state index in [1.54, 1.807) is 46.0 Å². The van der Waals surface area contributed by atoms with E-state index in [2.05, 4.69) is 10.6 Å². The molecule has 0 aromatic heterocycles. The van der Waals surface area contributed by atoms with Gasteiger partial charge in [0.05, 0.1) is 0 Å². The van der Waals surface area contributed by atoms with Crippen LogP contribution in [0.4, 0.5) is 4.79 Å². The van der Waals surface area contributed by atoms with Gasteiger partial charge in [-0.1, -0.05) is 42.0 Å². The van der Waals surface area contributed by atoms with Gasteiger partial charge in [0.1, 0.15) is 23.4 Å². The number of aryl methyl sites for hydroxylation is 1. The number of phenolic OH excluding ortho intramolecular Hbond substituents is 1. The molecule has 0 fully saturated rings. The number of benzene rings is 2. The number of amides is 3. The van der Waals surface area contributed by atoms with Crippen molar-refractivity contribution >= 4 is 17.9 Å². The first-order chi connectivity index (χ1) is 16.3. The Morgan fingerprint density at radius 3 is 2.20 bits per heavy atom. The number of ether oxygens (including phenoxy) is 1. The Labute approximate surface area is 207 Å². The Hall–Kier alpha value is -3.55. The minimum atomic E-state index is -1.00. The summed E-state index contributed by atoms with van der Waals surface area (Å²) in [5, 5.41) is 15.2. The molecule has 3 amide bonds. The Bertz CT molecular complexity index is 1030. The van der Waals surface area contributed by atoms with Crippen LogP contribution in [0.3, 0.4) is 0 Å². The minimum Gasteiger partial charge on any atom is -0.508 e. The number of nitrogens with zero attached hydrogens (tertiary/aromatic N) is 1. The molecule has 3 N–H and O–H groups in total. The lowest BCUT2D eigenvalue weighted by Crippen LogP contribution is -2.53. The topological polar surface area (TPSA) is 108 Å². The highest BCUT2D eigenvalue weighted by Gasteiger charge is 2.34. The largest absolute Gasteiger partial charge is 0.508 e. The van der Waals surface area contributed by atoms with Gasteiger partial charge < -0.3 is 25.4 Å². The average Bonchev–Trinajstić information content (AvgIpc) is 2.72. The molecule has 0 aliphatic rings. The molecule has 35 heavy (non-hydrogen) atoms. The van der Waals surface area contributed by atoms with Crippen LogP contribution in [-0.4, -0.2) is 52.6 Å². The van der Waals surface area contributed by atoms with E-state index < -0.39 is 29.7 Å². The van der Waals surface area contributed by atoms with Crippen LogP contribution in [0.2, 0.25) is 0 Å². The summed E-state index contributed by atoms with van der Waals surface area (Å²) in [6, 6.07) is 11.8. The summed E-state index contributed by atoms with van der Waals surface area (Å²) >= 11 is 0. The standard InChI is InChI=1S/C27H37N3O5/c1-17(2)28-24(32)23(20-10-8-9-18(3)15-20)30(7)25(33)22(29-26(34)35-27(4,5)6)16-19-11-13-21(31)14-12-19/h8-15,17,22-23,31H,16H2,1-7H3,(H,28,32)(H,29,34). The lowest BCUT2D eigenvalue weighted by molar-refractivity contribution is -0.141. The van der Waals surface area contributed by atoms with Crippen molar-refractivity contribution in [2.24, 2.45) is 0 Å². The first kappa shape index (κ1) is 27.7. The molecule has 0 radical (unpaired) electrons. The van der Waals surface area contributed by atoms with Crippen LogP contribution in [0.1, 0.15) is 57.4 Å². The Morgan fingerprint density at radius 2 is 1.66 bits per heavy atom. The number of hydrogen-bond acceptors (Lipinski definition) is 5. The zero-order valence-electron chi connectivity index (χ0n) is 21.6. The first-order valence-corrected chi connectivity index (χ1v) is 11.7. The average molecular weight is 484 g/mol. The van der Waals surface area contributed by atoms with Gasteiger partial charge in [0.25, 0.3) is 0 Å². The molecule has 0 saturated heterocycles. The second-order valence-corrected chi connectivity index (χ2v) is 10.00. The van der Waals surface area contributed by atoms with Gasteiger partial charge in [-0.25, -0.2) is 4.79 Å². The zero-order valence-corrected chi connectivity index (χ0v) is 21.6. The van der Waals surface area contributed by atoms with Crippen molar-refractivity contribution in [2.45, 2.75) is 71.7 Å². The van der Waals surface area contributed by atoms with Crippen molar-refractivity contribution < 1.29 is 24.2 Å². The molecule has 2 atom stereocenters. The van der Waals surface area contributed by atoms with Crippen LogP contribution in [0, 0.1) is 6.92 Å². The predicted molar refractivity (Wildman–Crippen MR) is 135 cm³/mol. The summed E-state index contributed by atoms with van der Waals surface area (Å²) in [7, 11) is 1.55. The monoisotopic (exact) mass is 483 g/mol. The van der Waals surface area contributed by atoms with Gasteiger partial charge in [-0.2, -0.15) is 0 Å². The number of rotatable bonds is 8. The molecular formula is C27H37N3O5. The number of hydrogen-bond donors (Lipinski definition) is 3. The quantitative estimate of drug-likeness (QED) is 0.528. The third kappa shape index (κ3) is 8.63. The number of carbonyl (C=O) groups excluding carboxylic acids is 3. The van der Waals surface area contributed by atoms with Gasteiger partial charge >= 0.3 is 6.09 Å². The molecule has 0 bridgehead atoms. The third-order valence-electron chi connectivity index (χ3n) is 5.14. The summed E-state index contributed by atoms with van der Waals surface area (Å²) < 4.78 is 5.38. The molecule has 0 aliphatic heterocycles. The molecule has 8 heteroatoms. The van der Waals surface area contributed by atoms with E-state index in [-0.39, 0.29) is 24.1 Å². The molecule has 2 rings (SSSR count). The van der Waals surface area contributed by atoms with Crippen molar-refractivity contribution in [3.05, 3.63) is 65.2 Å². The van der Waals surface area contributed by atoms with Gasteiger partial charge in [-0.15, -0.1) is 0 Å². The van der Waals surface area contributed by atoms with Crippen LogP contribution in [-0.2, 0) is 20.7 Å². The minimum absolute atomic E-state index is 0.0960. The van der Waals surface area contributed by atoms with Crippen molar-refractivity contribution in [2.75, 3.05) is 7.05 Å². The summed E-state index contributed by atoms with van der Waals surface area (Å²) in [5.74, 6) is -0.671. The first-order valence-electron chi connectivity index (χ1n) is 11.7. The van der Waals surface area contributed by atoms with Gasteiger partial charge in [0, 0.05) is 19.5 Å². The van der Waals surface area contributed by atoms with E-state index in [9.17, 15) is 19.5 Å². The maximum absolute atomic E-state index is 13.7. The van der Waals surface area contributed by atoms with Crippen LogP contribution < -0.4 is 10.6 Å². The van der Waals surface area contributed by atoms with Gasteiger partial charge in [0.15, 0.2) is 0 Å². The maximum atomic E-state index is 13.7. The number of alkyl carbamates (subject to hydrolysis) is 1. The zero-order chi connectivity index (χ0) is 26.3. The van der Waals surface area contributed by atoms with E-state index >= 15 is 0 Å². The molecule has 2 aromatic rings. The number of nitrogens with one attached hydrogen (secondary N) is 2. The van der Waals surface area contributed by atoms with Crippen LogP contribution >= 0.6 is 0 Å². The lowest BCUT2D eigenvalue weighted by atomic mass is 9.99.